The Balaban J connectivity index is 4.00. The zero-order valence-electron chi connectivity index (χ0n) is 8.22. The molecule has 0 radical (unpaired) electrons. The molecule has 0 bridgehead atoms. The average molecular weight is 155 g/mol. The molecule has 0 fully saturated rings. The summed E-state index contributed by atoms with van der Waals surface area (Å²) in [5, 5.41) is 0. The van der Waals surface area contributed by atoms with Crippen LogP contribution in [0.4, 0.5) is 0 Å². The van der Waals surface area contributed by atoms with Crippen molar-refractivity contribution in [3.63, 3.8) is 0 Å². The zero-order valence-corrected chi connectivity index (χ0v) is 8.22. The molecule has 0 aromatic carbocycles. The molecule has 1 nitrogen and oxygen atoms in total. The van der Waals surface area contributed by atoms with Crippen LogP contribution < -0.4 is 5.73 Å². The summed E-state index contributed by atoms with van der Waals surface area (Å²) in [5.74, 6) is 0.609. The zero-order chi connectivity index (χ0) is 8.85. The molecule has 0 aliphatic carbocycles. The van der Waals surface area contributed by atoms with Gasteiger partial charge in [-0.25, -0.2) is 0 Å². The van der Waals surface area contributed by atoms with Crippen molar-refractivity contribution in [3.05, 3.63) is 11.6 Å². The first kappa shape index (κ1) is 10.7. The molecule has 2 N–H and O–H groups in total. The second-order valence-electron chi connectivity index (χ2n) is 3.27. The van der Waals surface area contributed by atoms with E-state index in [1.54, 1.807) is 0 Å². The van der Waals surface area contributed by atoms with E-state index in [-0.39, 0.29) is 6.04 Å². The Morgan fingerprint density at radius 3 is 2.36 bits per heavy atom. The smallest absolute Gasteiger partial charge is 0.0276 e. The number of hydrogen-bond acceptors (Lipinski definition) is 1. The number of nitrogens with two attached hydrogens (primary N) is 1. The van der Waals surface area contributed by atoms with Gasteiger partial charge < -0.3 is 5.73 Å². The third kappa shape index (κ3) is 3.57. The van der Waals surface area contributed by atoms with Gasteiger partial charge in [-0.05, 0) is 19.3 Å². The van der Waals surface area contributed by atoms with Crippen molar-refractivity contribution < 1.29 is 0 Å². The Kier molecular flexibility index (Phi) is 5.22. The number of hydrogen-bond donors (Lipinski definition) is 1. The normalized spacial score (nSPS) is 18.1. The molecule has 0 rings (SSSR count). The maximum absolute atomic E-state index is 5.99. The van der Waals surface area contributed by atoms with E-state index < -0.39 is 0 Å². The van der Waals surface area contributed by atoms with E-state index >= 15 is 0 Å². The predicted molar refractivity (Wildman–Crippen MR) is 51.5 cm³/mol. The van der Waals surface area contributed by atoms with Crippen molar-refractivity contribution in [2.75, 3.05) is 0 Å². The molecule has 0 aromatic rings. The van der Waals surface area contributed by atoms with Gasteiger partial charge in [-0.15, -0.1) is 0 Å². The summed E-state index contributed by atoms with van der Waals surface area (Å²) in [5.41, 5.74) is 7.32. The highest BCUT2D eigenvalue weighted by atomic mass is 14.6. The minimum Gasteiger partial charge on any atom is -0.324 e. The standard InChI is InChI=1S/C10H21N/c1-5-7-9(4)10(11)8(3)6-2/h7-8,10H,5-6,11H2,1-4H3. The quantitative estimate of drug-likeness (QED) is 0.621. The fourth-order valence-corrected chi connectivity index (χ4v) is 1.16. The van der Waals surface area contributed by atoms with E-state index in [9.17, 15) is 0 Å². The van der Waals surface area contributed by atoms with Crippen LogP contribution in [0, 0.1) is 5.92 Å². The van der Waals surface area contributed by atoms with Gasteiger partial charge in [-0.1, -0.05) is 38.8 Å². The highest BCUT2D eigenvalue weighted by Gasteiger charge is 2.10. The molecule has 0 aromatic heterocycles. The van der Waals surface area contributed by atoms with Crippen LogP contribution in [0.3, 0.4) is 0 Å². The summed E-state index contributed by atoms with van der Waals surface area (Å²) in [6.45, 7) is 8.66. The Labute approximate surface area is 70.7 Å². The van der Waals surface area contributed by atoms with E-state index in [4.69, 9.17) is 5.73 Å². The first-order valence-corrected chi connectivity index (χ1v) is 4.55. The van der Waals surface area contributed by atoms with Crippen molar-refractivity contribution >= 4 is 0 Å². The summed E-state index contributed by atoms with van der Waals surface area (Å²) in [7, 11) is 0. The molecule has 2 atom stereocenters. The van der Waals surface area contributed by atoms with E-state index in [1.165, 1.54) is 5.57 Å². The van der Waals surface area contributed by atoms with Crippen LogP contribution in [0.5, 0.6) is 0 Å². The summed E-state index contributed by atoms with van der Waals surface area (Å²) < 4.78 is 0. The Morgan fingerprint density at radius 2 is 2.00 bits per heavy atom. The molecule has 0 saturated carbocycles. The predicted octanol–water partition coefficient (Wildman–Crippen LogP) is 2.72. The van der Waals surface area contributed by atoms with E-state index in [0.717, 1.165) is 12.8 Å². The minimum atomic E-state index is 0.264. The largest absolute Gasteiger partial charge is 0.324 e. The first-order valence-electron chi connectivity index (χ1n) is 4.55. The molecule has 66 valence electrons. The molecule has 11 heavy (non-hydrogen) atoms. The summed E-state index contributed by atoms with van der Waals surface area (Å²) in [6, 6.07) is 0.264. The molecule has 0 saturated heterocycles. The van der Waals surface area contributed by atoms with Gasteiger partial charge >= 0.3 is 0 Å². The lowest BCUT2D eigenvalue weighted by molar-refractivity contribution is 0.485. The van der Waals surface area contributed by atoms with E-state index in [2.05, 4.69) is 33.8 Å². The van der Waals surface area contributed by atoms with Crippen LogP contribution in [0.15, 0.2) is 11.6 Å². The van der Waals surface area contributed by atoms with E-state index in [1.807, 2.05) is 0 Å². The lowest BCUT2D eigenvalue weighted by atomic mass is 9.94. The van der Waals surface area contributed by atoms with E-state index in [0.29, 0.717) is 5.92 Å². The summed E-state index contributed by atoms with van der Waals surface area (Å²) in [4.78, 5) is 0. The van der Waals surface area contributed by atoms with Gasteiger partial charge in [0.15, 0.2) is 0 Å². The third-order valence-electron chi connectivity index (χ3n) is 2.31. The molecule has 2 unspecified atom stereocenters. The Bertz CT molecular complexity index is 127. The molecule has 0 aliphatic heterocycles. The van der Waals surface area contributed by atoms with Crippen molar-refractivity contribution in [1.29, 1.82) is 0 Å². The fourth-order valence-electron chi connectivity index (χ4n) is 1.16. The maximum Gasteiger partial charge on any atom is 0.0276 e. The molecular formula is C10H21N. The first-order chi connectivity index (χ1) is 5.13. The van der Waals surface area contributed by atoms with Gasteiger partial charge in [0.05, 0.1) is 0 Å². The van der Waals surface area contributed by atoms with Crippen molar-refractivity contribution in [1.82, 2.24) is 0 Å². The highest BCUT2D eigenvalue weighted by molar-refractivity contribution is 5.07. The lowest BCUT2D eigenvalue weighted by Gasteiger charge is -2.18. The second-order valence-corrected chi connectivity index (χ2v) is 3.27. The fraction of sp³-hybridized carbons (Fsp3) is 0.800. The van der Waals surface area contributed by atoms with Gasteiger partial charge in [-0.2, -0.15) is 0 Å². The topological polar surface area (TPSA) is 26.0 Å². The second kappa shape index (κ2) is 5.36. The lowest BCUT2D eigenvalue weighted by Crippen LogP contribution is -2.28. The van der Waals surface area contributed by atoms with Gasteiger partial charge in [-0.3, -0.25) is 0 Å². The highest BCUT2D eigenvalue weighted by Crippen LogP contribution is 2.13. The van der Waals surface area contributed by atoms with Gasteiger partial charge in [0.1, 0.15) is 0 Å². The Hall–Kier alpha value is -0.300. The van der Waals surface area contributed by atoms with Gasteiger partial charge in [0, 0.05) is 6.04 Å². The summed E-state index contributed by atoms with van der Waals surface area (Å²) in [6.07, 6.45) is 4.48. The van der Waals surface area contributed by atoms with Crippen LogP contribution in [0.25, 0.3) is 0 Å². The molecular weight excluding hydrogens is 134 g/mol. The van der Waals surface area contributed by atoms with Gasteiger partial charge in [0.25, 0.3) is 0 Å². The summed E-state index contributed by atoms with van der Waals surface area (Å²) >= 11 is 0. The van der Waals surface area contributed by atoms with Crippen molar-refractivity contribution in [2.45, 2.75) is 46.6 Å². The molecule has 0 heterocycles. The number of allylic oxidation sites excluding steroid dienone is 1. The van der Waals surface area contributed by atoms with Crippen LogP contribution >= 0.6 is 0 Å². The van der Waals surface area contributed by atoms with Crippen LogP contribution in [0.1, 0.15) is 40.5 Å². The minimum absolute atomic E-state index is 0.264. The Morgan fingerprint density at radius 1 is 1.45 bits per heavy atom. The molecule has 1 heteroatoms. The van der Waals surface area contributed by atoms with Crippen molar-refractivity contribution in [3.8, 4) is 0 Å². The SMILES string of the molecule is CCC=C(C)C(N)C(C)CC. The molecule has 0 aliphatic rings. The maximum atomic E-state index is 5.99. The molecule has 0 spiro atoms. The molecule has 0 amide bonds. The van der Waals surface area contributed by atoms with Crippen molar-refractivity contribution in [2.24, 2.45) is 11.7 Å². The number of rotatable bonds is 4. The third-order valence-corrected chi connectivity index (χ3v) is 2.31. The monoisotopic (exact) mass is 155 g/mol. The van der Waals surface area contributed by atoms with Gasteiger partial charge in [0.2, 0.25) is 0 Å². The average Bonchev–Trinajstić information content (AvgIpc) is 2.02. The van der Waals surface area contributed by atoms with Crippen LogP contribution in [-0.4, -0.2) is 6.04 Å². The van der Waals surface area contributed by atoms with Crippen LogP contribution in [0.2, 0.25) is 0 Å². The van der Waals surface area contributed by atoms with Crippen LogP contribution in [-0.2, 0) is 0 Å².